The quantitative estimate of drug-likeness (QED) is 0.828. The van der Waals surface area contributed by atoms with E-state index in [9.17, 15) is 0 Å². The Morgan fingerprint density at radius 2 is 2.11 bits per heavy atom. The van der Waals surface area contributed by atoms with Gasteiger partial charge in [0.2, 0.25) is 0 Å². The van der Waals surface area contributed by atoms with Crippen LogP contribution in [0, 0.1) is 0 Å². The number of rotatable bonds is 7. The summed E-state index contributed by atoms with van der Waals surface area (Å²) in [6, 6.07) is 0.628. The second kappa shape index (κ2) is 7.36. The summed E-state index contributed by atoms with van der Waals surface area (Å²) in [6.07, 6.45) is 2.49. The number of nitrogens with zero attached hydrogens (tertiary/aromatic N) is 2. The lowest BCUT2D eigenvalue weighted by atomic mass is 10.1. The monoisotopic (exact) mass is 283 g/mol. The van der Waals surface area contributed by atoms with Crippen LogP contribution in [0.3, 0.4) is 0 Å². The predicted molar refractivity (Wildman–Crippen MR) is 84.5 cm³/mol. The largest absolute Gasteiger partial charge is 0.306 e. The Labute approximate surface area is 122 Å². The topological polar surface area (TPSA) is 28.2 Å². The summed E-state index contributed by atoms with van der Waals surface area (Å²) in [5, 5.41) is 6.85. The molecular formula is C15H29N3S. The zero-order valence-electron chi connectivity index (χ0n) is 13.3. The summed E-state index contributed by atoms with van der Waals surface area (Å²) < 4.78 is 0. The molecule has 0 bridgehead atoms. The maximum Gasteiger partial charge on any atom is 0.107 e. The Balaban J connectivity index is 2.46. The van der Waals surface area contributed by atoms with Crippen LogP contribution >= 0.6 is 11.3 Å². The van der Waals surface area contributed by atoms with Gasteiger partial charge >= 0.3 is 0 Å². The van der Waals surface area contributed by atoms with Crippen molar-refractivity contribution in [1.82, 2.24) is 15.2 Å². The fourth-order valence-corrected chi connectivity index (χ4v) is 2.62. The van der Waals surface area contributed by atoms with E-state index in [2.05, 4.69) is 57.3 Å². The van der Waals surface area contributed by atoms with Gasteiger partial charge in [0, 0.05) is 30.1 Å². The SMILES string of the molecule is CCCC(C)N(C)Cc1csc(CNC(C)(C)C)n1. The van der Waals surface area contributed by atoms with Gasteiger partial charge in [0.25, 0.3) is 0 Å². The van der Waals surface area contributed by atoms with Gasteiger partial charge in [-0.25, -0.2) is 4.98 Å². The number of nitrogens with one attached hydrogen (secondary N) is 1. The molecule has 110 valence electrons. The van der Waals surface area contributed by atoms with Crippen LogP contribution in [0.15, 0.2) is 5.38 Å². The van der Waals surface area contributed by atoms with Crippen molar-refractivity contribution in [2.45, 2.75) is 72.1 Å². The highest BCUT2D eigenvalue weighted by molar-refractivity contribution is 7.09. The first-order valence-corrected chi connectivity index (χ1v) is 8.08. The summed E-state index contributed by atoms with van der Waals surface area (Å²) >= 11 is 1.76. The fraction of sp³-hybridized carbons (Fsp3) is 0.800. The van der Waals surface area contributed by atoms with Gasteiger partial charge in [0.1, 0.15) is 5.01 Å². The van der Waals surface area contributed by atoms with E-state index in [4.69, 9.17) is 4.98 Å². The molecule has 0 aliphatic rings. The summed E-state index contributed by atoms with van der Waals surface area (Å²) in [6.45, 7) is 12.9. The first-order chi connectivity index (χ1) is 8.81. The normalized spacial score (nSPS) is 14.1. The number of hydrogen-bond acceptors (Lipinski definition) is 4. The van der Waals surface area contributed by atoms with Gasteiger partial charge < -0.3 is 5.32 Å². The highest BCUT2D eigenvalue weighted by atomic mass is 32.1. The van der Waals surface area contributed by atoms with E-state index in [1.54, 1.807) is 11.3 Å². The van der Waals surface area contributed by atoms with Gasteiger partial charge in [-0.2, -0.15) is 0 Å². The van der Waals surface area contributed by atoms with Gasteiger partial charge in [0.15, 0.2) is 0 Å². The fourth-order valence-electron chi connectivity index (χ4n) is 1.89. The third-order valence-electron chi connectivity index (χ3n) is 3.24. The van der Waals surface area contributed by atoms with Crippen LogP contribution in [0.25, 0.3) is 0 Å². The molecule has 1 aromatic rings. The Morgan fingerprint density at radius 1 is 1.42 bits per heavy atom. The maximum absolute atomic E-state index is 4.71. The molecule has 0 aliphatic heterocycles. The molecule has 0 aromatic carbocycles. The zero-order chi connectivity index (χ0) is 14.5. The second-order valence-electron chi connectivity index (χ2n) is 6.39. The van der Waals surface area contributed by atoms with E-state index in [0.717, 1.165) is 13.1 Å². The molecular weight excluding hydrogens is 254 g/mol. The third kappa shape index (κ3) is 6.50. The van der Waals surface area contributed by atoms with Crippen molar-refractivity contribution in [3.05, 3.63) is 16.1 Å². The van der Waals surface area contributed by atoms with E-state index in [1.807, 2.05) is 0 Å². The predicted octanol–water partition coefficient (Wildman–Crippen LogP) is 3.65. The van der Waals surface area contributed by atoms with Gasteiger partial charge in [0.05, 0.1) is 5.69 Å². The zero-order valence-corrected chi connectivity index (χ0v) is 14.1. The second-order valence-corrected chi connectivity index (χ2v) is 7.33. The maximum atomic E-state index is 4.71. The number of aromatic nitrogens is 1. The molecule has 0 saturated heterocycles. The van der Waals surface area contributed by atoms with Crippen molar-refractivity contribution in [3.63, 3.8) is 0 Å². The number of hydrogen-bond donors (Lipinski definition) is 1. The minimum atomic E-state index is 0.151. The summed E-state index contributed by atoms with van der Waals surface area (Å²) in [4.78, 5) is 7.10. The molecule has 4 heteroatoms. The minimum absolute atomic E-state index is 0.151. The van der Waals surface area contributed by atoms with Crippen molar-refractivity contribution in [2.75, 3.05) is 7.05 Å². The molecule has 1 heterocycles. The van der Waals surface area contributed by atoms with E-state index < -0.39 is 0 Å². The van der Waals surface area contributed by atoms with Crippen molar-refractivity contribution in [2.24, 2.45) is 0 Å². The van der Waals surface area contributed by atoms with Crippen LogP contribution in [0.1, 0.15) is 58.2 Å². The summed E-state index contributed by atoms with van der Waals surface area (Å²) in [5.41, 5.74) is 1.35. The molecule has 19 heavy (non-hydrogen) atoms. The lowest BCUT2D eigenvalue weighted by molar-refractivity contribution is 0.234. The van der Waals surface area contributed by atoms with Gasteiger partial charge in [-0.3, -0.25) is 4.90 Å². The molecule has 3 nitrogen and oxygen atoms in total. The van der Waals surface area contributed by atoms with Crippen LogP contribution in [-0.2, 0) is 13.1 Å². The average Bonchev–Trinajstić information content (AvgIpc) is 2.73. The lowest BCUT2D eigenvalue weighted by Gasteiger charge is -2.23. The molecule has 1 rings (SSSR count). The molecule has 0 aliphatic carbocycles. The van der Waals surface area contributed by atoms with E-state index in [0.29, 0.717) is 6.04 Å². The molecule has 1 aromatic heterocycles. The Bertz CT molecular complexity index is 368. The van der Waals surface area contributed by atoms with Gasteiger partial charge in [-0.05, 0) is 41.2 Å². The van der Waals surface area contributed by atoms with Gasteiger partial charge in [-0.15, -0.1) is 11.3 Å². The van der Waals surface area contributed by atoms with Crippen LogP contribution in [0.5, 0.6) is 0 Å². The van der Waals surface area contributed by atoms with Crippen LogP contribution in [-0.4, -0.2) is 28.5 Å². The Morgan fingerprint density at radius 3 is 2.68 bits per heavy atom. The molecule has 0 radical (unpaired) electrons. The summed E-state index contributed by atoms with van der Waals surface area (Å²) in [5.74, 6) is 0. The standard InChI is InChI=1S/C15H29N3S/c1-7-8-12(2)18(6)10-13-11-19-14(17-13)9-16-15(3,4)5/h11-12,16H,7-10H2,1-6H3. The van der Waals surface area contributed by atoms with Crippen LogP contribution in [0.2, 0.25) is 0 Å². The molecule has 0 amide bonds. The highest BCUT2D eigenvalue weighted by Gasteiger charge is 2.12. The number of thiazole rings is 1. The minimum Gasteiger partial charge on any atom is -0.306 e. The molecule has 0 fully saturated rings. The average molecular weight is 283 g/mol. The van der Waals surface area contributed by atoms with Crippen molar-refractivity contribution in [3.8, 4) is 0 Å². The molecule has 0 spiro atoms. The Hall–Kier alpha value is -0.450. The first kappa shape index (κ1) is 16.6. The van der Waals surface area contributed by atoms with E-state index >= 15 is 0 Å². The molecule has 1 N–H and O–H groups in total. The molecule has 1 atom stereocenters. The Kier molecular flexibility index (Phi) is 6.43. The highest BCUT2D eigenvalue weighted by Crippen LogP contribution is 2.14. The third-order valence-corrected chi connectivity index (χ3v) is 4.14. The van der Waals surface area contributed by atoms with E-state index in [-0.39, 0.29) is 5.54 Å². The van der Waals surface area contributed by atoms with Gasteiger partial charge in [-0.1, -0.05) is 13.3 Å². The van der Waals surface area contributed by atoms with Crippen LogP contribution in [0.4, 0.5) is 0 Å². The van der Waals surface area contributed by atoms with Crippen molar-refractivity contribution < 1.29 is 0 Å². The van der Waals surface area contributed by atoms with E-state index in [1.165, 1.54) is 23.5 Å². The first-order valence-electron chi connectivity index (χ1n) is 7.20. The lowest BCUT2D eigenvalue weighted by Crippen LogP contribution is -2.35. The van der Waals surface area contributed by atoms with Crippen LogP contribution < -0.4 is 5.32 Å². The van der Waals surface area contributed by atoms with Crippen molar-refractivity contribution in [1.29, 1.82) is 0 Å². The molecule has 0 saturated carbocycles. The summed E-state index contributed by atoms with van der Waals surface area (Å²) in [7, 11) is 2.19. The van der Waals surface area contributed by atoms with Crippen molar-refractivity contribution >= 4 is 11.3 Å². The molecule has 1 unspecified atom stereocenters. The smallest absolute Gasteiger partial charge is 0.107 e.